The zero-order chi connectivity index (χ0) is 20.5. The number of thiazole rings is 1. The molecule has 1 atom stereocenters. The van der Waals surface area contributed by atoms with Gasteiger partial charge in [0, 0.05) is 20.0 Å². The number of fused-ring (bicyclic) bond motifs is 1. The first-order valence-corrected chi connectivity index (χ1v) is 10.8. The van der Waals surface area contributed by atoms with Crippen LogP contribution in [0.2, 0.25) is 0 Å². The second-order valence-electron chi connectivity index (χ2n) is 6.26. The summed E-state index contributed by atoms with van der Waals surface area (Å²) in [7, 11) is -0.845. The number of nitrogens with zero attached hydrogens (tertiary/aromatic N) is 2. The summed E-state index contributed by atoms with van der Waals surface area (Å²) in [5.41, 5.74) is 1.26. The molecule has 0 unspecified atom stereocenters. The Morgan fingerprint density at radius 2 is 1.96 bits per heavy atom. The molecule has 0 bridgehead atoms. The van der Waals surface area contributed by atoms with E-state index in [9.17, 15) is 13.2 Å². The van der Waals surface area contributed by atoms with E-state index in [0.29, 0.717) is 10.7 Å². The van der Waals surface area contributed by atoms with E-state index in [4.69, 9.17) is 4.74 Å². The maximum Gasteiger partial charge on any atom is 0.243 e. The number of hydrogen-bond acceptors (Lipinski definition) is 6. The Kier molecular flexibility index (Phi) is 5.69. The lowest BCUT2D eigenvalue weighted by Gasteiger charge is -2.23. The first-order valence-electron chi connectivity index (χ1n) is 8.53. The molecule has 28 heavy (non-hydrogen) atoms. The number of sulfonamides is 1. The van der Waals surface area contributed by atoms with Crippen molar-refractivity contribution in [3.05, 3.63) is 47.5 Å². The second kappa shape index (κ2) is 7.86. The van der Waals surface area contributed by atoms with Gasteiger partial charge in [0.25, 0.3) is 0 Å². The average molecular weight is 420 g/mol. The van der Waals surface area contributed by atoms with Crippen molar-refractivity contribution in [2.45, 2.75) is 24.8 Å². The van der Waals surface area contributed by atoms with Crippen molar-refractivity contribution in [1.82, 2.24) is 9.29 Å². The van der Waals surface area contributed by atoms with Crippen LogP contribution in [0.1, 0.15) is 24.9 Å². The van der Waals surface area contributed by atoms with Crippen LogP contribution in [0.3, 0.4) is 0 Å². The minimum atomic E-state index is -3.79. The summed E-state index contributed by atoms with van der Waals surface area (Å²) in [5, 5.41) is 3.33. The van der Waals surface area contributed by atoms with Crippen LogP contribution in [0.25, 0.3) is 10.2 Å². The van der Waals surface area contributed by atoms with Gasteiger partial charge in [-0.1, -0.05) is 12.1 Å². The molecule has 0 spiro atoms. The van der Waals surface area contributed by atoms with Crippen LogP contribution in [0.15, 0.2) is 47.4 Å². The summed E-state index contributed by atoms with van der Waals surface area (Å²) in [6.07, 6.45) is 0. The summed E-state index contributed by atoms with van der Waals surface area (Å²) in [4.78, 5) is 15.9. The summed E-state index contributed by atoms with van der Waals surface area (Å²) >= 11 is 1.47. The molecule has 1 heterocycles. The number of methoxy groups -OCH3 is 1. The van der Waals surface area contributed by atoms with E-state index in [1.165, 1.54) is 54.9 Å². The number of benzene rings is 2. The minimum absolute atomic E-state index is 0.0777. The molecule has 1 aromatic heterocycles. The quantitative estimate of drug-likeness (QED) is 0.659. The van der Waals surface area contributed by atoms with E-state index >= 15 is 0 Å². The van der Waals surface area contributed by atoms with E-state index in [2.05, 4.69) is 10.3 Å². The summed E-state index contributed by atoms with van der Waals surface area (Å²) in [6.45, 7) is 3.18. The summed E-state index contributed by atoms with van der Waals surface area (Å²) < 4.78 is 33.8. The van der Waals surface area contributed by atoms with Gasteiger partial charge >= 0.3 is 0 Å². The van der Waals surface area contributed by atoms with Gasteiger partial charge in [0.05, 0.1) is 34.0 Å². The maximum absolute atomic E-state index is 13.1. The summed E-state index contributed by atoms with van der Waals surface area (Å²) in [5.74, 6) is 0.00722. The number of amides is 1. The fourth-order valence-corrected chi connectivity index (χ4v) is 5.20. The van der Waals surface area contributed by atoms with Crippen LogP contribution in [0.4, 0.5) is 5.69 Å². The van der Waals surface area contributed by atoms with Crippen LogP contribution in [-0.4, -0.2) is 37.8 Å². The molecular formula is C19H21N3O4S2. The molecule has 0 saturated carbocycles. The average Bonchev–Trinajstić information content (AvgIpc) is 3.10. The van der Waals surface area contributed by atoms with Crippen molar-refractivity contribution < 1.29 is 17.9 Å². The zero-order valence-electron chi connectivity index (χ0n) is 16.0. The van der Waals surface area contributed by atoms with E-state index in [-0.39, 0.29) is 16.6 Å². The number of anilines is 1. The highest BCUT2D eigenvalue weighted by Gasteiger charge is 2.29. The van der Waals surface area contributed by atoms with Gasteiger partial charge in [-0.25, -0.2) is 13.4 Å². The molecule has 148 valence electrons. The Balaban J connectivity index is 1.93. The topological polar surface area (TPSA) is 88.6 Å². The van der Waals surface area contributed by atoms with Crippen LogP contribution < -0.4 is 10.1 Å². The smallest absolute Gasteiger partial charge is 0.243 e. The predicted molar refractivity (Wildman–Crippen MR) is 110 cm³/mol. The highest BCUT2D eigenvalue weighted by molar-refractivity contribution is 7.89. The van der Waals surface area contributed by atoms with Crippen molar-refractivity contribution >= 4 is 43.2 Å². The van der Waals surface area contributed by atoms with E-state index in [1.54, 1.807) is 6.92 Å². The molecule has 0 aliphatic heterocycles. The first kappa shape index (κ1) is 20.2. The lowest BCUT2D eigenvalue weighted by molar-refractivity contribution is -0.114. The molecule has 3 rings (SSSR count). The monoisotopic (exact) mass is 419 g/mol. The van der Waals surface area contributed by atoms with E-state index < -0.39 is 16.1 Å². The van der Waals surface area contributed by atoms with Gasteiger partial charge in [-0.15, -0.1) is 11.3 Å². The van der Waals surface area contributed by atoms with Gasteiger partial charge in [0.15, 0.2) is 0 Å². The highest BCUT2D eigenvalue weighted by Crippen LogP contribution is 2.34. The van der Waals surface area contributed by atoms with Gasteiger partial charge in [0.1, 0.15) is 10.8 Å². The highest BCUT2D eigenvalue weighted by atomic mass is 32.2. The van der Waals surface area contributed by atoms with Gasteiger partial charge in [0.2, 0.25) is 15.9 Å². The Hall–Kier alpha value is -2.49. The zero-order valence-corrected chi connectivity index (χ0v) is 17.6. The van der Waals surface area contributed by atoms with E-state index in [1.807, 2.05) is 24.3 Å². The van der Waals surface area contributed by atoms with Crippen molar-refractivity contribution in [3.63, 3.8) is 0 Å². The third-order valence-electron chi connectivity index (χ3n) is 4.37. The molecule has 0 aliphatic rings. The van der Waals surface area contributed by atoms with Gasteiger partial charge in [-0.3, -0.25) is 4.79 Å². The Morgan fingerprint density at radius 1 is 1.25 bits per heavy atom. The molecule has 1 amide bonds. The number of rotatable bonds is 6. The second-order valence-corrected chi connectivity index (χ2v) is 9.32. The van der Waals surface area contributed by atoms with E-state index in [0.717, 1.165) is 10.2 Å². The Bertz CT molecular complexity index is 1090. The van der Waals surface area contributed by atoms with Crippen LogP contribution in [-0.2, 0) is 14.8 Å². The van der Waals surface area contributed by atoms with Crippen LogP contribution in [0.5, 0.6) is 5.75 Å². The fraction of sp³-hybridized carbons (Fsp3) is 0.263. The number of nitrogens with one attached hydrogen (secondary N) is 1. The molecule has 9 heteroatoms. The molecule has 3 aromatic rings. The Labute approximate surface area is 168 Å². The molecule has 0 aliphatic carbocycles. The lowest BCUT2D eigenvalue weighted by atomic mass is 10.3. The van der Waals surface area contributed by atoms with Gasteiger partial charge in [-0.05, 0) is 31.2 Å². The number of aromatic nitrogens is 1. The molecule has 1 N–H and O–H groups in total. The number of hydrogen-bond donors (Lipinski definition) is 1. The summed E-state index contributed by atoms with van der Waals surface area (Å²) in [6, 6.07) is 11.6. The molecular weight excluding hydrogens is 398 g/mol. The van der Waals surface area contributed by atoms with Gasteiger partial charge < -0.3 is 10.1 Å². The number of ether oxygens (including phenoxy) is 1. The van der Waals surface area contributed by atoms with Crippen molar-refractivity contribution in [1.29, 1.82) is 0 Å². The van der Waals surface area contributed by atoms with Crippen LogP contribution in [0, 0.1) is 0 Å². The minimum Gasteiger partial charge on any atom is -0.495 e. The molecule has 7 nitrogen and oxygen atoms in total. The van der Waals surface area contributed by atoms with Gasteiger partial charge in [-0.2, -0.15) is 4.31 Å². The molecule has 0 saturated heterocycles. The normalized spacial score (nSPS) is 12.9. The first-order chi connectivity index (χ1) is 13.2. The molecule has 0 fully saturated rings. The number of carbonyl (C=O) groups is 1. The number of carbonyl (C=O) groups excluding carboxylic acids is 1. The number of para-hydroxylation sites is 1. The predicted octanol–water partition coefficient (Wildman–Crippen LogP) is 3.65. The SMILES string of the molecule is COc1cc(S(=O)(=O)N(C)[C@@H](C)c2nc3ccccc3s2)ccc1NC(C)=O. The third kappa shape index (κ3) is 3.87. The van der Waals surface area contributed by atoms with Crippen LogP contribution >= 0.6 is 11.3 Å². The van der Waals surface area contributed by atoms with Crippen molar-refractivity contribution in [2.24, 2.45) is 0 Å². The fourth-order valence-electron chi connectivity index (χ4n) is 2.72. The maximum atomic E-state index is 13.1. The lowest BCUT2D eigenvalue weighted by Crippen LogP contribution is -2.29. The van der Waals surface area contributed by atoms with Crippen molar-refractivity contribution in [2.75, 3.05) is 19.5 Å². The van der Waals surface area contributed by atoms with Crippen molar-refractivity contribution in [3.8, 4) is 5.75 Å². The third-order valence-corrected chi connectivity index (χ3v) is 7.50. The molecule has 0 radical (unpaired) electrons. The molecule has 2 aromatic carbocycles. The largest absolute Gasteiger partial charge is 0.495 e. The standard InChI is InChI=1S/C19H21N3O4S2/c1-12(19-21-16-7-5-6-8-18(16)27-19)22(3)28(24,25)14-9-10-15(20-13(2)23)17(11-14)26-4/h5-12H,1-4H3,(H,20,23)/t12-/m0/s1. The Morgan fingerprint density at radius 3 is 2.61 bits per heavy atom.